The number of carbonyl (C=O) groups excluding carboxylic acids is 2. The number of hydrogen-bond acceptors (Lipinski definition) is 4. The maximum absolute atomic E-state index is 12.0. The van der Waals surface area contributed by atoms with Gasteiger partial charge in [0, 0.05) is 6.08 Å². The Bertz CT molecular complexity index is 532. The number of nitrogens with one attached hydrogen (secondary N) is 1. The standard InChI is InChI=1S/C18H25NO4/c1-5-22-16(20)13-9-12-15(14-10-7-6-8-11-14)19-17(21)23-18(2,3)4/h6-11,13,15H,5,12H2,1-4H3,(H,19,21)/b13-9+/t15-/m1/s1. The van der Waals surface area contributed by atoms with Crippen LogP contribution in [0.15, 0.2) is 42.5 Å². The van der Waals surface area contributed by atoms with Crippen molar-refractivity contribution in [3.63, 3.8) is 0 Å². The zero-order chi connectivity index (χ0) is 17.3. The van der Waals surface area contributed by atoms with Gasteiger partial charge in [0.1, 0.15) is 5.60 Å². The zero-order valence-corrected chi connectivity index (χ0v) is 14.2. The van der Waals surface area contributed by atoms with Crippen molar-refractivity contribution in [3.05, 3.63) is 48.0 Å². The van der Waals surface area contributed by atoms with E-state index in [2.05, 4.69) is 5.32 Å². The maximum Gasteiger partial charge on any atom is 0.408 e. The van der Waals surface area contributed by atoms with Crippen molar-refractivity contribution in [3.8, 4) is 0 Å². The van der Waals surface area contributed by atoms with Crippen molar-refractivity contribution in [2.45, 2.75) is 45.8 Å². The van der Waals surface area contributed by atoms with Crippen LogP contribution in [0.3, 0.4) is 0 Å². The van der Waals surface area contributed by atoms with Gasteiger partial charge in [-0.25, -0.2) is 9.59 Å². The topological polar surface area (TPSA) is 64.6 Å². The van der Waals surface area contributed by atoms with E-state index < -0.39 is 17.7 Å². The number of benzene rings is 1. The Balaban J connectivity index is 2.75. The first-order chi connectivity index (χ1) is 10.8. The quantitative estimate of drug-likeness (QED) is 0.640. The van der Waals surface area contributed by atoms with Crippen LogP contribution in [-0.4, -0.2) is 24.3 Å². The summed E-state index contributed by atoms with van der Waals surface area (Å²) in [4.78, 5) is 23.3. The average Bonchev–Trinajstić information content (AvgIpc) is 2.45. The van der Waals surface area contributed by atoms with Crippen LogP contribution in [0.25, 0.3) is 0 Å². The second-order valence-corrected chi connectivity index (χ2v) is 6.00. The Kier molecular flexibility index (Phi) is 7.32. The van der Waals surface area contributed by atoms with Crippen LogP contribution in [0.4, 0.5) is 4.79 Å². The molecule has 0 aliphatic rings. The van der Waals surface area contributed by atoms with Gasteiger partial charge in [-0.3, -0.25) is 0 Å². The van der Waals surface area contributed by atoms with Crippen LogP contribution in [0, 0.1) is 0 Å². The monoisotopic (exact) mass is 319 g/mol. The summed E-state index contributed by atoms with van der Waals surface area (Å²) < 4.78 is 10.1. The van der Waals surface area contributed by atoms with E-state index in [9.17, 15) is 9.59 Å². The second kappa shape index (κ2) is 8.98. The van der Waals surface area contributed by atoms with Crippen LogP contribution < -0.4 is 5.32 Å². The molecule has 0 aromatic heterocycles. The highest BCUT2D eigenvalue weighted by Crippen LogP contribution is 2.18. The molecule has 23 heavy (non-hydrogen) atoms. The molecule has 0 aliphatic heterocycles. The second-order valence-electron chi connectivity index (χ2n) is 6.00. The number of esters is 1. The van der Waals surface area contributed by atoms with E-state index in [1.807, 2.05) is 51.1 Å². The summed E-state index contributed by atoms with van der Waals surface area (Å²) in [6.45, 7) is 7.52. The molecule has 5 heteroatoms. The number of rotatable bonds is 6. The van der Waals surface area contributed by atoms with Crippen LogP contribution in [-0.2, 0) is 14.3 Å². The third-order valence-electron chi connectivity index (χ3n) is 2.81. The Morgan fingerprint density at radius 3 is 2.43 bits per heavy atom. The van der Waals surface area contributed by atoms with Gasteiger partial charge in [0.25, 0.3) is 0 Å². The lowest BCUT2D eigenvalue weighted by Crippen LogP contribution is -2.34. The summed E-state index contributed by atoms with van der Waals surface area (Å²) in [6, 6.07) is 9.25. The van der Waals surface area contributed by atoms with Gasteiger partial charge in [-0.15, -0.1) is 0 Å². The third-order valence-corrected chi connectivity index (χ3v) is 2.81. The molecular weight excluding hydrogens is 294 g/mol. The van der Waals surface area contributed by atoms with E-state index in [1.54, 1.807) is 13.0 Å². The molecule has 0 heterocycles. The fraction of sp³-hybridized carbons (Fsp3) is 0.444. The summed E-state index contributed by atoms with van der Waals surface area (Å²) in [5, 5.41) is 2.83. The van der Waals surface area contributed by atoms with Gasteiger partial charge in [0.15, 0.2) is 0 Å². The van der Waals surface area contributed by atoms with Gasteiger partial charge in [-0.2, -0.15) is 0 Å². The number of alkyl carbamates (subject to hydrolysis) is 1. The Hall–Kier alpha value is -2.30. The highest BCUT2D eigenvalue weighted by molar-refractivity contribution is 5.81. The van der Waals surface area contributed by atoms with E-state index in [0.29, 0.717) is 13.0 Å². The molecule has 5 nitrogen and oxygen atoms in total. The van der Waals surface area contributed by atoms with Gasteiger partial charge < -0.3 is 14.8 Å². The minimum Gasteiger partial charge on any atom is -0.463 e. The Morgan fingerprint density at radius 2 is 1.87 bits per heavy atom. The lowest BCUT2D eigenvalue weighted by molar-refractivity contribution is -0.137. The van der Waals surface area contributed by atoms with Gasteiger partial charge >= 0.3 is 12.1 Å². The molecule has 1 amide bonds. The summed E-state index contributed by atoms with van der Waals surface area (Å²) in [5.74, 6) is -0.392. The molecule has 0 unspecified atom stereocenters. The van der Waals surface area contributed by atoms with E-state index >= 15 is 0 Å². The minimum absolute atomic E-state index is 0.281. The van der Waals surface area contributed by atoms with Crippen molar-refractivity contribution >= 4 is 12.1 Å². The Labute approximate surface area is 137 Å². The summed E-state index contributed by atoms with van der Waals surface area (Å²) >= 11 is 0. The van der Waals surface area contributed by atoms with Gasteiger partial charge in [0.2, 0.25) is 0 Å². The molecule has 1 aromatic rings. The molecule has 1 atom stereocenters. The first-order valence-corrected chi connectivity index (χ1v) is 7.69. The minimum atomic E-state index is -0.563. The van der Waals surface area contributed by atoms with Crippen LogP contribution >= 0.6 is 0 Å². The summed E-state index contributed by atoms with van der Waals surface area (Å²) in [6.07, 6.45) is 3.03. The Morgan fingerprint density at radius 1 is 1.22 bits per heavy atom. The predicted molar refractivity (Wildman–Crippen MR) is 88.9 cm³/mol. The molecule has 1 rings (SSSR count). The van der Waals surface area contributed by atoms with E-state index in [-0.39, 0.29) is 6.04 Å². The first kappa shape index (κ1) is 18.7. The molecule has 0 fully saturated rings. The summed E-state index contributed by atoms with van der Waals surface area (Å²) in [5.41, 5.74) is 0.374. The molecule has 0 aliphatic carbocycles. The van der Waals surface area contributed by atoms with Crippen molar-refractivity contribution in [2.24, 2.45) is 0 Å². The highest BCUT2D eigenvalue weighted by atomic mass is 16.6. The van der Waals surface area contributed by atoms with E-state index in [0.717, 1.165) is 5.56 Å². The van der Waals surface area contributed by atoms with E-state index in [4.69, 9.17) is 9.47 Å². The average molecular weight is 319 g/mol. The van der Waals surface area contributed by atoms with Gasteiger partial charge in [-0.1, -0.05) is 36.4 Å². The fourth-order valence-electron chi connectivity index (χ4n) is 1.90. The van der Waals surface area contributed by atoms with E-state index in [1.165, 1.54) is 6.08 Å². The lowest BCUT2D eigenvalue weighted by Gasteiger charge is -2.23. The van der Waals surface area contributed by atoms with Crippen molar-refractivity contribution in [2.75, 3.05) is 6.61 Å². The van der Waals surface area contributed by atoms with Crippen molar-refractivity contribution < 1.29 is 19.1 Å². The highest BCUT2D eigenvalue weighted by Gasteiger charge is 2.19. The predicted octanol–water partition coefficient (Wildman–Crippen LogP) is 3.76. The zero-order valence-electron chi connectivity index (χ0n) is 14.2. The van der Waals surface area contributed by atoms with Gasteiger partial charge in [-0.05, 0) is 39.7 Å². The largest absolute Gasteiger partial charge is 0.463 e. The van der Waals surface area contributed by atoms with Crippen LogP contribution in [0.1, 0.15) is 45.7 Å². The normalized spacial score (nSPS) is 12.7. The first-order valence-electron chi connectivity index (χ1n) is 7.69. The number of amides is 1. The van der Waals surface area contributed by atoms with Crippen molar-refractivity contribution in [1.82, 2.24) is 5.32 Å². The molecule has 0 radical (unpaired) electrons. The molecule has 0 spiro atoms. The smallest absolute Gasteiger partial charge is 0.408 e. The summed E-state index contributed by atoms with van der Waals surface area (Å²) in [7, 11) is 0. The van der Waals surface area contributed by atoms with Gasteiger partial charge in [0.05, 0.1) is 12.6 Å². The third kappa shape index (κ3) is 8.04. The van der Waals surface area contributed by atoms with Crippen molar-refractivity contribution in [1.29, 1.82) is 0 Å². The molecule has 0 saturated heterocycles. The lowest BCUT2D eigenvalue weighted by atomic mass is 10.0. The maximum atomic E-state index is 12.0. The number of hydrogen-bond donors (Lipinski definition) is 1. The molecule has 0 bridgehead atoms. The molecule has 0 saturated carbocycles. The molecular formula is C18H25NO4. The molecule has 126 valence electrons. The molecule has 1 aromatic carbocycles. The molecule has 1 N–H and O–H groups in total. The number of carbonyl (C=O) groups is 2. The van der Waals surface area contributed by atoms with Crippen LogP contribution in [0.5, 0.6) is 0 Å². The van der Waals surface area contributed by atoms with Crippen LogP contribution in [0.2, 0.25) is 0 Å². The number of ether oxygens (including phenoxy) is 2. The fourth-order valence-corrected chi connectivity index (χ4v) is 1.90. The SMILES string of the molecule is CCOC(=O)/C=C/C[C@@H](NC(=O)OC(C)(C)C)c1ccccc1.